The number of alkyl halides is 3. The van der Waals surface area contributed by atoms with Crippen LogP contribution in [0, 0.1) is 5.92 Å². The van der Waals surface area contributed by atoms with Gasteiger partial charge in [0.2, 0.25) is 0 Å². The number of rotatable bonds is 0. The minimum atomic E-state index is -4.32. The summed E-state index contributed by atoms with van der Waals surface area (Å²) in [6.45, 7) is -0.294. The van der Waals surface area contributed by atoms with Crippen molar-refractivity contribution in [3.63, 3.8) is 0 Å². The summed E-state index contributed by atoms with van der Waals surface area (Å²) in [5.41, 5.74) is 0. The van der Waals surface area contributed by atoms with Gasteiger partial charge < -0.3 is 9.64 Å². The van der Waals surface area contributed by atoms with Crippen molar-refractivity contribution in [3.8, 4) is 0 Å². The molecule has 0 N–H and O–H groups in total. The summed E-state index contributed by atoms with van der Waals surface area (Å²) in [7, 11) is 1.02. The lowest BCUT2D eigenvalue weighted by molar-refractivity contribution is -0.189. The number of likely N-dealkylation sites (tertiary alicyclic amines) is 1. The number of nitrogens with zero attached hydrogens (tertiary/aromatic N) is 1. The van der Waals surface area contributed by atoms with E-state index in [0.717, 1.165) is 12.0 Å². The maximum absolute atomic E-state index is 12.4. The molecule has 0 aromatic carbocycles. The molecule has 0 aromatic rings. The average Bonchev–Trinajstić information content (AvgIpc) is 2.26. The van der Waals surface area contributed by atoms with Crippen molar-refractivity contribution in [2.75, 3.05) is 20.2 Å². The third-order valence-corrected chi connectivity index (χ3v) is 2.53. The summed E-state index contributed by atoms with van der Waals surface area (Å²) < 4.78 is 41.4. The Morgan fingerprint density at radius 2 is 2.00 bits per heavy atom. The summed E-state index contributed by atoms with van der Waals surface area (Å²) in [6.07, 6.45) is -4.09. The molecule has 0 aromatic heterocycles. The van der Waals surface area contributed by atoms with Gasteiger partial charge in [-0.1, -0.05) is 0 Å². The van der Waals surface area contributed by atoms with E-state index in [1.165, 1.54) is 0 Å². The molecule has 7 heteroatoms. The van der Waals surface area contributed by atoms with E-state index in [2.05, 4.69) is 4.74 Å². The maximum Gasteiger partial charge on any atom is 0.396 e. The van der Waals surface area contributed by atoms with E-state index >= 15 is 0 Å². The number of carbonyl (C=O) groups excluding carboxylic acids is 2. The quantitative estimate of drug-likeness (QED) is 0.467. The molecule has 0 radical (unpaired) electrons. The van der Waals surface area contributed by atoms with E-state index in [4.69, 9.17) is 0 Å². The maximum atomic E-state index is 12.4. The van der Waals surface area contributed by atoms with E-state index in [1.807, 2.05) is 0 Å². The number of amides is 1. The first-order valence-electron chi connectivity index (χ1n) is 4.80. The van der Waals surface area contributed by atoms with Crippen molar-refractivity contribution in [2.24, 2.45) is 5.92 Å². The standard InChI is InChI=1S/C9H12F3NO3/c1-16-8(15)7(14)13-4-2-3-6(5-13)9(10,11)12/h6H,2-5H2,1H3. The van der Waals surface area contributed by atoms with E-state index in [0.29, 0.717) is 0 Å². The van der Waals surface area contributed by atoms with Crippen LogP contribution in [0.4, 0.5) is 13.2 Å². The molecule has 1 unspecified atom stereocenters. The van der Waals surface area contributed by atoms with Crippen LogP contribution in [-0.4, -0.2) is 43.2 Å². The van der Waals surface area contributed by atoms with Crippen molar-refractivity contribution in [1.82, 2.24) is 4.90 Å². The highest BCUT2D eigenvalue weighted by molar-refractivity contribution is 6.32. The predicted octanol–water partition coefficient (Wildman–Crippen LogP) is 0.960. The summed E-state index contributed by atoms with van der Waals surface area (Å²) in [5.74, 6) is -3.67. The number of hydrogen-bond donors (Lipinski definition) is 0. The first kappa shape index (κ1) is 12.8. The molecule has 0 aliphatic carbocycles. The molecule has 0 saturated carbocycles. The molecule has 1 fully saturated rings. The van der Waals surface area contributed by atoms with E-state index < -0.39 is 30.5 Å². The molecule has 1 heterocycles. The molecule has 1 aliphatic rings. The topological polar surface area (TPSA) is 46.6 Å². The van der Waals surface area contributed by atoms with E-state index in [9.17, 15) is 22.8 Å². The summed E-state index contributed by atoms with van der Waals surface area (Å²) in [4.78, 5) is 23.1. The number of hydrogen-bond acceptors (Lipinski definition) is 3. The van der Waals surface area contributed by atoms with Crippen LogP contribution in [-0.2, 0) is 14.3 Å². The van der Waals surface area contributed by atoms with Gasteiger partial charge in [-0.05, 0) is 12.8 Å². The molecule has 16 heavy (non-hydrogen) atoms. The van der Waals surface area contributed by atoms with Gasteiger partial charge in [0.25, 0.3) is 0 Å². The van der Waals surface area contributed by atoms with Crippen molar-refractivity contribution in [1.29, 1.82) is 0 Å². The van der Waals surface area contributed by atoms with Crippen LogP contribution in [0.3, 0.4) is 0 Å². The molecule has 0 spiro atoms. The fourth-order valence-electron chi connectivity index (χ4n) is 1.65. The minimum absolute atomic E-state index is 0.00550. The van der Waals surface area contributed by atoms with Gasteiger partial charge in [-0.3, -0.25) is 4.79 Å². The van der Waals surface area contributed by atoms with Crippen LogP contribution in [0.1, 0.15) is 12.8 Å². The van der Waals surface area contributed by atoms with Crippen molar-refractivity contribution < 1.29 is 27.5 Å². The molecule has 1 saturated heterocycles. The van der Waals surface area contributed by atoms with Crippen LogP contribution in [0.15, 0.2) is 0 Å². The average molecular weight is 239 g/mol. The van der Waals surface area contributed by atoms with Gasteiger partial charge in [-0.25, -0.2) is 4.79 Å². The molecule has 4 nitrogen and oxygen atoms in total. The van der Waals surface area contributed by atoms with Crippen LogP contribution in [0.5, 0.6) is 0 Å². The largest absolute Gasteiger partial charge is 0.462 e. The Kier molecular flexibility index (Phi) is 3.77. The van der Waals surface area contributed by atoms with Crippen molar-refractivity contribution in [3.05, 3.63) is 0 Å². The number of ether oxygens (including phenoxy) is 1. The normalized spacial score (nSPS) is 21.8. The van der Waals surface area contributed by atoms with Crippen molar-refractivity contribution >= 4 is 11.9 Å². The zero-order valence-corrected chi connectivity index (χ0v) is 8.71. The van der Waals surface area contributed by atoms with Gasteiger partial charge in [0.05, 0.1) is 13.0 Å². The van der Waals surface area contributed by atoms with Gasteiger partial charge in [0.1, 0.15) is 0 Å². The van der Waals surface area contributed by atoms with Crippen LogP contribution in [0.2, 0.25) is 0 Å². The lowest BCUT2D eigenvalue weighted by Gasteiger charge is -2.32. The lowest BCUT2D eigenvalue weighted by Crippen LogP contribution is -2.47. The number of halogens is 3. The highest BCUT2D eigenvalue weighted by atomic mass is 19.4. The van der Waals surface area contributed by atoms with Gasteiger partial charge in [0.15, 0.2) is 0 Å². The number of carbonyl (C=O) groups is 2. The molecule has 1 amide bonds. The smallest absolute Gasteiger partial charge is 0.396 e. The Bertz CT molecular complexity index is 290. The molecule has 1 aliphatic heterocycles. The van der Waals surface area contributed by atoms with Crippen molar-refractivity contribution in [2.45, 2.75) is 19.0 Å². The SMILES string of the molecule is COC(=O)C(=O)N1CCCC(C(F)(F)F)C1. The molecule has 1 atom stereocenters. The third kappa shape index (κ3) is 2.86. The van der Waals surface area contributed by atoms with Gasteiger partial charge in [0, 0.05) is 13.1 Å². The van der Waals surface area contributed by atoms with Crippen LogP contribution >= 0.6 is 0 Å². The van der Waals surface area contributed by atoms with Gasteiger partial charge >= 0.3 is 18.1 Å². The van der Waals surface area contributed by atoms with E-state index in [-0.39, 0.29) is 19.4 Å². The van der Waals surface area contributed by atoms with E-state index in [1.54, 1.807) is 0 Å². The molecule has 1 rings (SSSR count). The van der Waals surface area contributed by atoms with Crippen LogP contribution < -0.4 is 0 Å². The minimum Gasteiger partial charge on any atom is -0.462 e. The second-order valence-corrected chi connectivity index (χ2v) is 3.62. The van der Waals surface area contributed by atoms with Gasteiger partial charge in [-0.2, -0.15) is 13.2 Å². The Morgan fingerprint density at radius 1 is 1.38 bits per heavy atom. The summed E-state index contributed by atoms with van der Waals surface area (Å²) in [6, 6.07) is 0. The molecular formula is C9H12F3NO3. The third-order valence-electron chi connectivity index (χ3n) is 2.53. The second kappa shape index (κ2) is 4.71. The molecular weight excluding hydrogens is 227 g/mol. The highest BCUT2D eigenvalue weighted by Crippen LogP contribution is 2.33. The fraction of sp³-hybridized carbons (Fsp3) is 0.778. The molecule has 0 bridgehead atoms. The fourth-order valence-corrected chi connectivity index (χ4v) is 1.65. The molecule has 92 valence electrons. The second-order valence-electron chi connectivity index (χ2n) is 3.62. The predicted molar refractivity (Wildman–Crippen MR) is 47.4 cm³/mol. The monoisotopic (exact) mass is 239 g/mol. The lowest BCUT2D eigenvalue weighted by atomic mass is 9.97. The van der Waals surface area contributed by atoms with Crippen LogP contribution in [0.25, 0.3) is 0 Å². The Morgan fingerprint density at radius 3 is 2.50 bits per heavy atom. The summed E-state index contributed by atoms with van der Waals surface area (Å²) >= 11 is 0. The zero-order chi connectivity index (χ0) is 12.3. The Hall–Kier alpha value is -1.27. The van der Waals surface area contributed by atoms with Gasteiger partial charge in [-0.15, -0.1) is 0 Å². The summed E-state index contributed by atoms with van der Waals surface area (Å²) in [5, 5.41) is 0. The Labute approximate surface area is 90.3 Å². The number of methoxy groups -OCH3 is 1. The first-order chi connectivity index (χ1) is 7.36. The Balaban J connectivity index is 2.64. The highest BCUT2D eigenvalue weighted by Gasteiger charge is 2.43. The zero-order valence-electron chi connectivity index (χ0n) is 8.71. The number of esters is 1. The first-order valence-corrected chi connectivity index (χ1v) is 4.80. The number of piperidine rings is 1.